The molecule has 112 valence electrons. The quantitative estimate of drug-likeness (QED) is 0.756. The van der Waals surface area contributed by atoms with E-state index in [4.69, 9.17) is 0 Å². The lowest BCUT2D eigenvalue weighted by Gasteiger charge is -2.31. The van der Waals surface area contributed by atoms with Crippen molar-refractivity contribution in [3.63, 3.8) is 0 Å². The predicted molar refractivity (Wildman–Crippen MR) is 82.3 cm³/mol. The number of carbonyl (C=O) groups excluding carboxylic acids is 1. The van der Waals surface area contributed by atoms with Crippen LogP contribution in [0.5, 0.6) is 0 Å². The van der Waals surface area contributed by atoms with Gasteiger partial charge in [-0.05, 0) is 18.8 Å². The molecule has 1 fully saturated rings. The van der Waals surface area contributed by atoms with Crippen LogP contribution >= 0.6 is 11.3 Å². The summed E-state index contributed by atoms with van der Waals surface area (Å²) in [5, 5.41) is 3.18. The number of thiazole rings is 1. The average molecular weight is 296 g/mol. The Labute approximate surface area is 125 Å². The Bertz CT molecular complexity index is 425. The first-order valence-corrected chi connectivity index (χ1v) is 8.37. The van der Waals surface area contributed by atoms with Gasteiger partial charge < -0.3 is 9.64 Å². The summed E-state index contributed by atoms with van der Waals surface area (Å²) in [6, 6.07) is 0. The van der Waals surface area contributed by atoms with Gasteiger partial charge in [0.15, 0.2) is 5.13 Å². The third-order valence-corrected chi connectivity index (χ3v) is 4.88. The van der Waals surface area contributed by atoms with Crippen LogP contribution in [0.1, 0.15) is 44.7 Å². The number of esters is 1. The molecule has 0 aliphatic carbocycles. The van der Waals surface area contributed by atoms with Crippen molar-refractivity contribution in [2.24, 2.45) is 5.92 Å². The van der Waals surface area contributed by atoms with E-state index in [0.29, 0.717) is 12.8 Å². The lowest BCUT2D eigenvalue weighted by Crippen LogP contribution is -2.33. The van der Waals surface area contributed by atoms with Crippen LogP contribution in [0.25, 0.3) is 0 Å². The van der Waals surface area contributed by atoms with Crippen molar-refractivity contribution in [2.45, 2.75) is 45.4 Å². The highest BCUT2D eigenvalue weighted by Crippen LogP contribution is 2.28. The summed E-state index contributed by atoms with van der Waals surface area (Å²) in [5.41, 5.74) is 1.01. The maximum atomic E-state index is 11.1. The Kier molecular flexibility index (Phi) is 5.83. The SMILES string of the molecule is CCCC1CCN(c2nc(CCC(=O)OC)cs2)CC1. The molecule has 0 spiro atoms. The summed E-state index contributed by atoms with van der Waals surface area (Å²) < 4.78 is 4.66. The third kappa shape index (κ3) is 4.20. The Morgan fingerprint density at radius 2 is 2.25 bits per heavy atom. The summed E-state index contributed by atoms with van der Waals surface area (Å²) in [4.78, 5) is 18.2. The van der Waals surface area contributed by atoms with E-state index >= 15 is 0 Å². The normalized spacial score (nSPS) is 16.4. The van der Waals surface area contributed by atoms with Gasteiger partial charge >= 0.3 is 5.97 Å². The van der Waals surface area contributed by atoms with Gasteiger partial charge in [-0.1, -0.05) is 19.8 Å². The molecule has 0 aromatic carbocycles. The topological polar surface area (TPSA) is 42.4 Å². The number of nitrogens with zero attached hydrogens (tertiary/aromatic N) is 2. The molecule has 4 nitrogen and oxygen atoms in total. The van der Waals surface area contributed by atoms with Crippen LogP contribution in [0.3, 0.4) is 0 Å². The Hall–Kier alpha value is -1.10. The number of methoxy groups -OCH3 is 1. The fourth-order valence-corrected chi connectivity index (χ4v) is 3.62. The van der Waals surface area contributed by atoms with Crippen molar-refractivity contribution in [2.75, 3.05) is 25.1 Å². The predicted octanol–water partition coefficient (Wildman–Crippen LogP) is 3.27. The lowest BCUT2D eigenvalue weighted by atomic mass is 9.93. The van der Waals surface area contributed by atoms with Crippen molar-refractivity contribution in [3.8, 4) is 0 Å². The first-order chi connectivity index (χ1) is 9.72. The van der Waals surface area contributed by atoms with Gasteiger partial charge in [0.25, 0.3) is 0 Å². The van der Waals surface area contributed by atoms with Gasteiger partial charge in [0.1, 0.15) is 0 Å². The molecule has 20 heavy (non-hydrogen) atoms. The van der Waals surface area contributed by atoms with Gasteiger partial charge in [-0.15, -0.1) is 11.3 Å². The van der Waals surface area contributed by atoms with Crippen molar-refractivity contribution in [1.82, 2.24) is 4.98 Å². The van der Waals surface area contributed by atoms with Gasteiger partial charge in [0.2, 0.25) is 0 Å². The number of aromatic nitrogens is 1. The first kappa shape index (κ1) is 15.3. The molecule has 0 N–H and O–H groups in total. The summed E-state index contributed by atoms with van der Waals surface area (Å²) in [6.07, 6.45) is 6.30. The Morgan fingerprint density at radius 3 is 2.90 bits per heavy atom. The van der Waals surface area contributed by atoms with Crippen LogP contribution in [0.4, 0.5) is 5.13 Å². The van der Waals surface area contributed by atoms with E-state index in [0.717, 1.165) is 29.8 Å². The van der Waals surface area contributed by atoms with Crippen LogP contribution in [0.2, 0.25) is 0 Å². The molecule has 2 heterocycles. The van der Waals surface area contributed by atoms with Gasteiger partial charge in [0.05, 0.1) is 19.2 Å². The van der Waals surface area contributed by atoms with Gasteiger partial charge in [0, 0.05) is 24.9 Å². The summed E-state index contributed by atoms with van der Waals surface area (Å²) in [5.74, 6) is 0.731. The minimum absolute atomic E-state index is 0.167. The number of hydrogen-bond donors (Lipinski definition) is 0. The summed E-state index contributed by atoms with van der Waals surface area (Å²) >= 11 is 1.69. The molecule has 0 radical (unpaired) electrons. The van der Waals surface area contributed by atoms with Crippen molar-refractivity contribution in [3.05, 3.63) is 11.1 Å². The smallest absolute Gasteiger partial charge is 0.305 e. The van der Waals surface area contributed by atoms with Crippen molar-refractivity contribution < 1.29 is 9.53 Å². The minimum Gasteiger partial charge on any atom is -0.469 e. The van der Waals surface area contributed by atoms with Crippen LogP contribution in [0, 0.1) is 5.92 Å². The molecular weight excluding hydrogens is 272 g/mol. The zero-order chi connectivity index (χ0) is 14.4. The molecule has 1 aliphatic heterocycles. The monoisotopic (exact) mass is 296 g/mol. The second-order valence-electron chi connectivity index (χ2n) is 5.42. The molecule has 1 aliphatic rings. The fourth-order valence-electron chi connectivity index (χ4n) is 2.71. The molecule has 0 saturated carbocycles. The van der Waals surface area contributed by atoms with E-state index < -0.39 is 0 Å². The Balaban J connectivity index is 1.82. The van der Waals surface area contributed by atoms with Crippen LogP contribution in [-0.4, -0.2) is 31.2 Å². The first-order valence-electron chi connectivity index (χ1n) is 7.49. The highest BCUT2D eigenvalue weighted by atomic mass is 32.1. The summed E-state index contributed by atoms with van der Waals surface area (Å²) in [7, 11) is 1.43. The molecule has 0 bridgehead atoms. The van der Waals surface area contributed by atoms with E-state index in [9.17, 15) is 4.79 Å². The Morgan fingerprint density at radius 1 is 1.50 bits per heavy atom. The number of ether oxygens (including phenoxy) is 1. The highest BCUT2D eigenvalue weighted by molar-refractivity contribution is 7.13. The molecule has 0 amide bonds. The van der Waals surface area contributed by atoms with Crippen molar-refractivity contribution in [1.29, 1.82) is 0 Å². The molecule has 0 atom stereocenters. The molecule has 5 heteroatoms. The number of hydrogen-bond acceptors (Lipinski definition) is 5. The second kappa shape index (κ2) is 7.62. The van der Waals surface area contributed by atoms with E-state index in [-0.39, 0.29) is 5.97 Å². The van der Waals surface area contributed by atoms with Gasteiger partial charge in [-0.3, -0.25) is 4.79 Å². The summed E-state index contributed by atoms with van der Waals surface area (Å²) in [6.45, 7) is 4.50. The lowest BCUT2D eigenvalue weighted by molar-refractivity contribution is -0.140. The fraction of sp³-hybridized carbons (Fsp3) is 0.733. The number of rotatable bonds is 6. The van der Waals surface area contributed by atoms with Crippen LogP contribution in [0.15, 0.2) is 5.38 Å². The molecule has 1 aromatic heterocycles. The zero-order valence-electron chi connectivity index (χ0n) is 12.4. The average Bonchev–Trinajstić information content (AvgIpc) is 2.95. The molecule has 1 aromatic rings. The molecular formula is C15H24N2O2S. The number of anilines is 1. The third-order valence-electron chi connectivity index (χ3n) is 3.93. The standard InChI is InChI=1S/C15H24N2O2S/c1-3-4-12-7-9-17(10-8-12)15-16-13(11-20-15)5-6-14(18)19-2/h11-12H,3-10H2,1-2H3. The van der Waals surface area contributed by atoms with Crippen molar-refractivity contribution >= 4 is 22.4 Å². The number of carbonyl (C=O) groups is 1. The minimum atomic E-state index is -0.167. The second-order valence-corrected chi connectivity index (χ2v) is 6.25. The molecule has 1 saturated heterocycles. The maximum Gasteiger partial charge on any atom is 0.305 e. The van der Waals surface area contributed by atoms with E-state index in [1.807, 2.05) is 0 Å². The maximum absolute atomic E-state index is 11.1. The van der Waals surface area contributed by atoms with E-state index in [1.165, 1.54) is 32.8 Å². The van der Waals surface area contributed by atoms with Crippen LogP contribution in [-0.2, 0) is 16.0 Å². The van der Waals surface area contributed by atoms with E-state index in [1.54, 1.807) is 11.3 Å². The zero-order valence-corrected chi connectivity index (χ0v) is 13.2. The molecule has 2 rings (SSSR count). The van der Waals surface area contributed by atoms with E-state index in [2.05, 4.69) is 26.9 Å². The highest BCUT2D eigenvalue weighted by Gasteiger charge is 2.20. The molecule has 0 unspecified atom stereocenters. The van der Waals surface area contributed by atoms with Gasteiger partial charge in [-0.2, -0.15) is 0 Å². The van der Waals surface area contributed by atoms with Gasteiger partial charge in [-0.25, -0.2) is 4.98 Å². The largest absolute Gasteiger partial charge is 0.469 e. The number of aryl methyl sites for hydroxylation is 1. The van der Waals surface area contributed by atoms with Crippen LogP contribution < -0.4 is 4.90 Å². The number of piperidine rings is 1.